The lowest BCUT2D eigenvalue weighted by molar-refractivity contribution is -0.128. The van der Waals surface area contributed by atoms with E-state index in [4.69, 9.17) is 9.47 Å². The minimum absolute atomic E-state index is 0.113. The van der Waals surface area contributed by atoms with Crippen LogP contribution in [0.1, 0.15) is 119 Å². The number of fused-ring (bicyclic) bond motifs is 3. The maximum absolute atomic E-state index is 14.1. The Labute approximate surface area is 330 Å². The van der Waals surface area contributed by atoms with Gasteiger partial charge >= 0.3 is 12.2 Å². The molecule has 11 heteroatoms. The lowest BCUT2D eigenvalue weighted by Gasteiger charge is -2.38. The summed E-state index contributed by atoms with van der Waals surface area (Å²) in [6.07, 6.45) is 5.31. The highest BCUT2D eigenvalue weighted by atomic mass is 16.6. The third-order valence-corrected chi connectivity index (χ3v) is 11.2. The molecular formula is C45H57N5O6. The molecular weight excluding hydrogens is 707 g/mol. The second-order valence-corrected chi connectivity index (χ2v) is 17.8. The number of carbonyl (C=O) groups is 4. The molecule has 3 aromatic rings. The normalized spacial score (nSPS) is 23.2. The molecule has 0 spiro atoms. The third kappa shape index (κ3) is 8.98. The van der Waals surface area contributed by atoms with Crippen LogP contribution < -0.4 is 16.0 Å². The maximum Gasteiger partial charge on any atom is 0.411 e. The number of hydrogen-bond donors (Lipinski definition) is 3. The van der Waals surface area contributed by atoms with Crippen LogP contribution in [0, 0.1) is 0 Å². The predicted molar refractivity (Wildman–Crippen MR) is 215 cm³/mol. The van der Waals surface area contributed by atoms with Crippen molar-refractivity contribution in [3.05, 3.63) is 100 Å². The van der Waals surface area contributed by atoms with Gasteiger partial charge in [0.15, 0.2) is 0 Å². The Bertz CT molecular complexity index is 1970. The zero-order valence-electron chi connectivity index (χ0n) is 33.7. The van der Waals surface area contributed by atoms with Gasteiger partial charge in [0.2, 0.25) is 11.8 Å². The highest BCUT2D eigenvalue weighted by Crippen LogP contribution is 2.34. The second-order valence-electron chi connectivity index (χ2n) is 17.8. The largest absolute Gasteiger partial charge is 0.444 e. The maximum atomic E-state index is 14.1. The zero-order chi connectivity index (χ0) is 39.8. The molecule has 0 aromatic heterocycles. The molecule has 2 aliphatic carbocycles. The Morgan fingerprint density at radius 2 is 1.18 bits per heavy atom. The van der Waals surface area contributed by atoms with Gasteiger partial charge in [0, 0.05) is 24.7 Å². The second kappa shape index (κ2) is 15.8. The van der Waals surface area contributed by atoms with E-state index in [9.17, 15) is 19.2 Å². The molecule has 0 saturated carbocycles. The standard InChI is InChI=1S/C45H57N5O6/c1-44(2,3)55-42(53)49-26-31-23-32(22-21-30(31)24-38(49)40(51)47-36-19-11-15-28-13-7-9-17-34(28)36)46-33-25-39(50(27-33)43(54)56-45(4,5)6)41(52)48-37-20-12-16-29-14-8-10-18-35(29)37/h7-10,13-14,17-18,21-23,33,36-39,46H,11-12,15-16,19-20,24-27H2,1-6H3,(H,47,51)(H,48,52)/t33-,36+,37+,38-,39-/m0/s1. The smallest absolute Gasteiger partial charge is 0.411 e. The van der Waals surface area contributed by atoms with Crippen LogP contribution in [-0.4, -0.2) is 69.7 Å². The number of rotatable bonds is 6. The van der Waals surface area contributed by atoms with E-state index < -0.39 is 35.5 Å². The zero-order valence-corrected chi connectivity index (χ0v) is 33.7. The van der Waals surface area contributed by atoms with Gasteiger partial charge in [-0.3, -0.25) is 19.4 Å². The Hall–Kier alpha value is -5.06. The van der Waals surface area contributed by atoms with Gasteiger partial charge in [-0.1, -0.05) is 54.6 Å². The van der Waals surface area contributed by atoms with Crippen molar-refractivity contribution >= 4 is 29.7 Å². The Morgan fingerprint density at radius 3 is 1.75 bits per heavy atom. The number of hydrogen-bond acceptors (Lipinski definition) is 7. The summed E-state index contributed by atoms with van der Waals surface area (Å²) in [7, 11) is 0. The van der Waals surface area contributed by atoms with Crippen LogP contribution in [0.15, 0.2) is 66.7 Å². The number of ether oxygens (including phenoxy) is 2. The molecule has 3 aromatic carbocycles. The van der Waals surface area contributed by atoms with Crippen LogP contribution in [0.5, 0.6) is 0 Å². The van der Waals surface area contributed by atoms with Crippen molar-refractivity contribution in [3.63, 3.8) is 0 Å². The number of nitrogens with one attached hydrogen (secondary N) is 3. The molecule has 3 N–H and O–H groups in total. The van der Waals surface area contributed by atoms with Crippen molar-refractivity contribution in [1.29, 1.82) is 0 Å². The summed E-state index contributed by atoms with van der Waals surface area (Å²) < 4.78 is 11.6. The van der Waals surface area contributed by atoms with E-state index >= 15 is 0 Å². The monoisotopic (exact) mass is 763 g/mol. The summed E-state index contributed by atoms with van der Waals surface area (Å²) in [5.41, 5.74) is 5.99. The molecule has 1 fully saturated rings. The van der Waals surface area contributed by atoms with Crippen molar-refractivity contribution in [3.8, 4) is 0 Å². The summed E-state index contributed by atoms with van der Waals surface area (Å²) >= 11 is 0. The minimum Gasteiger partial charge on any atom is -0.444 e. The van der Waals surface area contributed by atoms with E-state index in [1.54, 1.807) is 9.80 Å². The lowest BCUT2D eigenvalue weighted by atomic mass is 9.87. The van der Waals surface area contributed by atoms with Gasteiger partial charge in [-0.05, 0) is 132 Å². The molecule has 5 atom stereocenters. The molecule has 11 nitrogen and oxygen atoms in total. The SMILES string of the molecule is CC(C)(C)OC(=O)N1Cc2cc(N[C@H]3C[C@@H](C(=O)N[C@@H]4CCCc5ccccc54)N(C(=O)OC(C)(C)C)C3)ccc2C[C@H]1C(=O)N[C@@H]1CCCc2ccccc21. The van der Waals surface area contributed by atoms with Crippen LogP contribution in [-0.2, 0) is 44.9 Å². The minimum atomic E-state index is -0.740. The van der Waals surface area contributed by atoms with Gasteiger partial charge in [-0.25, -0.2) is 9.59 Å². The lowest BCUT2D eigenvalue weighted by Crippen LogP contribution is -2.54. The molecule has 2 heterocycles. The number of aryl methyl sites for hydroxylation is 2. The number of carbonyl (C=O) groups excluding carboxylic acids is 4. The van der Waals surface area contributed by atoms with E-state index in [1.807, 2.05) is 84.0 Å². The van der Waals surface area contributed by atoms with Gasteiger partial charge in [0.1, 0.15) is 23.3 Å². The Morgan fingerprint density at radius 1 is 0.643 bits per heavy atom. The molecule has 4 amide bonds. The average Bonchev–Trinajstić information content (AvgIpc) is 3.57. The van der Waals surface area contributed by atoms with Crippen LogP contribution in [0.3, 0.4) is 0 Å². The first-order valence-corrected chi connectivity index (χ1v) is 20.3. The van der Waals surface area contributed by atoms with Crippen molar-refractivity contribution in [1.82, 2.24) is 20.4 Å². The number of anilines is 1. The number of nitrogens with zero attached hydrogens (tertiary/aromatic N) is 2. The van der Waals surface area contributed by atoms with Crippen molar-refractivity contribution in [2.45, 2.75) is 141 Å². The summed E-state index contributed by atoms with van der Waals surface area (Å²) in [5, 5.41) is 10.1. The molecule has 0 radical (unpaired) electrons. The first-order valence-electron chi connectivity index (χ1n) is 20.3. The van der Waals surface area contributed by atoms with Crippen molar-refractivity contribution in [2.24, 2.45) is 0 Å². The molecule has 1 saturated heterocycles. The van der Waals surface area contributed by atoms with Crippen LogP contribution in [0.4, 0.5) is 15.3 Å². The van der Waals surface area contributed by atoms with E-state index in [-0.39, 0.29) is 43.0 Å². The van der Waals surface area contributed by atoms with Crippen LogP contribution in [0.25, 0.3) is 0 Å². The first-order chi connectivity index (χ1) is 26.6. The molecule has 0 unspecified atom stereocenters. The molecule has 7 rings (SSSR count). The third-order valence-electron chi connectivity index (χ3n) is 11.2. The van der Waals surface area contributed by atoms with Crippen molar-refractivity contribution in [2.75, 3.05) is 11.9 Å². The average molecular weight is 764 g/mol. The van der Waals surface area contributed by atoms with Gasteiger partial charge in [-0.2, -0.15) is 0 Å². The molecule has 298 valence electrons. The van der Waals surface area contributed by atoms with Gasteiger partial charge in [-0.15, -0.1) is 0 Å². The summed E-state index contributed by atoms with van der Waals surface area (Å²) in [6.45, 7) is 11.4. The van der Waals surface area contributed by atoms with Gasteiger partial charge < -0.3 is 25.4 Å². The highest BCUT2D eigenvalue weighted by Gasteiger charge is 2.43. The van der Waals surface area contributed by atoms with E-state index in [0.717, 1.165) is 66.5 Å². The van der Waals surface area contributed by atoms with Crippen molar-refractivity contribution < 1.29 is 28.7 Å². The highest BCUT2D eigenvalue weighted by molar-refractivity contribution is 5.88. The van der Waals surface area contributed by atoms with Crippen LogP contribution in [0.2, 0.25) is 0 Å². The topological polar surface area (TPSA) is 129 Å². The number of likely N-dealkylation sites (tertiary alicyclic amines) is 1. The van der Waals surface area contributed by atoms with E-state index in [2.05, 4.69) is 40.2 Å². The molecule has 0 bridgehead atoms. The number of amides is 4. The summed E-state index contributed by atoms with van der Waals surface area (Å²) in [5.74, 6) is -0.388. The summed E-state index contributed by atoms with van der Waals surface area (Å²) in [6, 6.07) is 20.5. The predicted octanol–water partition coefficient (Wildman–Crippen LogP) is 7.53. The molecule has 2 aliphatic heterocycles. The Kier molecular flexibility index (Phi) is 11.1. The fourth-order valence-corrected chi connectivity index (χ4v) is 8.71. The van der Waals surface area contributed by atoms with E-state index in [0.29, 0.717) is 12.8 Å². The Balaban J connectivity index is 1.09. The number of benzene rings is 3. The molecule has 56 heavy (non-hydrogen) atoms. The summed E-state index contributed by atoms with van der Waals surface area (Å²) in [4.78, 5) is 58.4. The fourth-order valence-electron chi connectivity index (χ4n) is 8.71. The van der Waals surface area contributed by atoms with E-state index in [1.165, 1.54) is 11.1 Å². The molecule has 4 aliphatic rings. The quantitative estimate of drug-likeness (QED) is 0.237. The fraction of sp³-hybridized carbons (Fsp3) is 0.511. The van der Waals surface area contributed by atoms with Gasteiger partial charge in [0.05, 0.1) is 18.6 Å². The first kappa shape index (κ1) is 39.2. The van der Waals surface area contributed by atoms with Crippen LogP contribution >= 0.6 is 0 Å². The van der Waals surface area contributed by atoms with Gasteiger partial charge in [0.25, 0.3) is 0 Å².